The van der Waals surface area contributed by atoms with Gasteiger partial charge in [-0.2, -0.15) is 0 Å². The molecule has 4 rings (SSSR count). The number of rotatable bonds is 7. The SMILES string of the molecule is CCCC(NC(=O)c1csc(Cc2ccccc2)n1)C(=O)N1CCc2sccc2C1. The van der Waals surface area contributed by atoms with Gasteiger partial charge in [-0.25, -0.2) is 4.98 Å². The van der Waals surface area contributed by atoms with Gasteiger partial charge >= 0.3 is 0 Å². The van der Waals surface area contributed by atoms with E-state index in [0.29, 0.717) is 31.6 Å². The minimum atomic E-state index is -0.512. The van der Waals surface area contributed by atoms with E-state index in [1.54, 1.807) is 16.7 Å². The maximum Gasteiger partial charge on any atom is 0.271 e. The highest BCUT2D eigenvalue weighted by molar-refractivity contribution is 7.10. The van der Waals surface area contributed by atoms with Gasteiger partial charge in [-0.3, -0.25) is 9.59 Å². The molecular weight excluding hydrogens is 414 g/mol. The highest BCUT2D eigenvalue weighted by atomic mass is 32.1. The van der Waals surface area contributed by atoms with Crippen molar-refractivity contribution in [2.24, 2.45) is 0 Å². The molecule has 1 aliphatic rings. The van der Waals surface area contributed by atoms with Gasteiger partial charge in [0.25, 0.3) is 5.91 Å². The third-order valence-corrected chi connectivity index (χ3v) is 7.15. The van der Waals surface area contributed by atoms with Gasteiger partial charge in [0.15, 0.2) is 0 Å². The second kappa shape index (κ2) is 9.53. The van der Waals surface area contributed by atoms with E-state index in [9.17, 15) is 9.59 Å². The Balaban J connectivity index is 1.40. The molecule has 0 fully saturated rings. The van der Waals surface area contributed by atoms with Crippen LogP contribution in [0.3, 0.4) is 0 Å². The quantitative estimate of drug-likeness (QED) is 0.598. The van der Waals surface area contributed by atoms with Gasteiger partial charge in [-0.15, -0.1) is 22.7 Å². The van der Waals surface area contributed by atoms with Crippen molar-refractivity contribution >= 4 is 34.5 Å². The predicted octanol–water partition coefficient (Wildman–Crippen LogP) is 4.28. The van der Waals surface area contributed by atoms with Crippen LogP contribution in [0.5, 0.6) is 0 Å². The lowest BCUT2D eigenvalue weighted by atomic mass is 10.1. The molecule has 156 valence electrons. The zero-order valence-corrected chi connectivity index (χ0v) is 18.6. The van der Waals surface area contributed by atoms with Crippen molar-refractivity contribution in [2.45, 2.75) is 45.2 Å². The molecule has 1 N–H and O–H groups in total. The molecule has 30 heavy (non-hydrogen) atoms. The van der Waals surface area contributed by atoms with Crippen molar-refractivity contribution in [3.63, 3.8) is 0 Å². The standard InChI is InChI=1S/C23H25N3O2S2/c1-2-6-18(23(28)26-11-9-20-17(14-26)10-12-29-20)25-22(27)19-15-30-21(24-19)13-16-7-4-3-5-8-16/h3-5,7-8,10,12,15,18H,2,6,9,11,13-14H2,1H3,(H,25,27). The van der Waals surface area contributed by atoms with Crippen LogP contribution in [0.4, 0.5) is 0 Å². The van der Waals surface area contributed by atoms with E-state index in [-0.39, 0.29) is 11.8 Å². The number of nitrogens with zero attached hydrogens (tertiary/aromatic N) is 2. The molecule has 5 nitrogen and oxygen atoms in total. The van der Waals surface area contributed by atoms with Crippen LogP contribution in [0.15, 0.2) is 47.2 Å². The molecule has 1 unspecified atom stereocenters. The van der Waals surface area contributed by atoms with Crippen LogP contribution in [-0.4, -0.2) is 34.3 Å². The number of nitrogens with one attached hydrogen (secondary N) is 1. The summed E-state index contributed by atoms with van der Waals surface area (Å²) >= 11 is 3.23. The lowest BCUT2D eigenvalue weighted by Crippen LogP contribution is -2.49. The van der Waals surface area contributed by atoms with Gasteiger partial charge in [0.1, 0.15) is 11.7 Å². The fourth-order valence-corrected chi connectivity index (χ4v) is 5.40. The lowest BCUT2D eigenvalue weighted by Gasteiger charge is -2.30. The molecular formula is C23H25N3O2S2. The Morgan fingerprint density at radius 1 is 1.20 bits per heavy atom. The molecule has 0 spiro atoms. The third kappa shape index (κ3) is 4.79. The van der Waals surface area contributed by atoms with Crippen molar-refractivity contribution in [3.05, 3.63) is 73.9 Å². The molecule has 0 saturated heterocycles. The predicted molar refractivity (Wildman–Crippen MR) is 121 cm³/mol. The first-order valence-electron chi connectivity index (χ1n) is 10.3. The van der Waals surface area contributed by atoms with E-state index in [0.717, 1.165) is 23.4 Å². The van der Waals surface area contributed by atoms with Crippen molar-refractivity contribution < 1.29 is 9.59 Å². The number of fused-ring (bicyclic) bond motifs is 1. The highest BCUT2D eigenvalue weighted by Gasteiger charge is 2.29. The molecule has 7 heteroatoms. The van der Waals surface area contributed by atoms with Gasteiger partial charge < -0.3 is 10.2 Å². The Hall–Kier alpha value is -2.51. The Bertz CT molecular complexity index is 1010. The minimum absolute atomic E-state index is 0.00166. The van der Waals surface area contributed by atoms with Crippen LogP contribution in [0, 0.1) is 0 Å². The molecule has 0 radical (unpaired) electrons. The average molecular weight is 440 g/mol. The Morgan fingerprint density at radius 2 is 2.03 bits per heavy atom. The number of carbonyl (C=O) groups excluding carboxylic acids is 2. The zero-order valence-electron chi connectivity index (χ0n) is 17.0. The molecule has 1 atom stereocenters. The molecule has 1 aliphatic heterocycles. The number of hydrogen-bond donors (Lipinski definition) is 1. The molecule has 3 heterocycles. The summed E-state index contributed by atoms with van der Waals surface area (Å²) in [5.41, 5.74) is 2.78. The van der Waals surface area contributed by atoms with Crippen molar-refractivity contribution in [3.8, 4) is 0 Å². The third-order valence-electron chi connectivity index (χ3n) is 5.28. The summed E-state index contributed by atoms with van der Waals surface area (Å²) < 4.78 is 0. The largest absolute Gasteiger partial charge is 0.339 e. The summed E-state index contributed by atoms with van der Waals surface area (Å²) in [4.78, 5) is 33.7. The number of amides is 2. The van der Waals surface area contributed by atoms with Crippen LogP contribution in [-0.2, 0) is 24.2 Å². The first-order chi connectivity index (χ1) is 14.6. The smallest absolute Gasteiger partial charge is 0.271 e. The summed E-state index contributed by atoms with van der Waals surface area (Å²) in [6, 6.07) is 11.7. The van der Waals surface area contributed by atoms with Gasteiger partial charge in [0.2, 0.25) is 5.91 Å². The van der Waals surface area contributed by atoms with E-state index < -0.39 is 6.04 Å². The monoisotopic (exact) mass is 439 g/mol. The Morgan fingerprint density at radius 3 is 2.83 bits per heavy atom. The second-order valence-electron chi connectivity index (χ2n) is 7.48. The van der Waals surface area contributed by atoms with Gasteiger partial charge in [0, 0.05) is 29.8 Å². The van der Waals surface area contributed by atoms with E-state index in [4.69, 9.17) is 0 Å². The Labute approximate surface area is 184 Å². The number of thiazole rings is 1. The molecule has 2 aromatic heterocycles. The maximum atomic E-state index is 13.1. The first kappa shape index (κ1) is 20.8. The number of hydrogen-bond acceptors (Lipinski definition) is 5. The normalized spacial score (nSPS) is 14.2. The molecule has 0 saturated carbocycles. The van der Waals surface area contributed by atoms with Gasteiger partial charge in [0.05, 0.1) is 5.01 Å². The first-order valence-corrected chi connectivity index (χ1v) is 12.0. The van der Waals surface area contributed by atoms with Gasteiger partial charge in [-0.1, -0.05) is 43.7 Å². The van der Waals surface area contributed by atoms with Gasteiger partial charge in [-0.05, 0) is 35.4 Å². The fraction of sp³-hybridized carbons (Fsp3) is 0.348. The topological polar surface area (TPSA) is 62.3 Å². The number of thiophene rings is 1. The molecule has 0 bridgehead atoms. The van der Waals surface area contributed by atoms with Crippen LogP contribution < -0.4 is 5.32 Å². The van der Waals surface area contributed by atoms with E-state index in [1.165, 1.54) is 21.8 Å². The number of aromatic nitrogens is 1. The summed E-state index contributed by atoms with van der Waals surface area (Å²) in [6.07, 6.45) is 3.04. The number of carbonyl (C=O) groups is 2. The molecule has 0 aliphatic carbocycles. The fourth-order valence-electron chi connectivity index (χ4n) is 3.70. The summed E-state index contributed by atoms with van der Waals surface area (Å²) in [7, 11) is 0. The minimum Gasteiger partial charge on any atom is -0.339 e. The van der Waals surface area contributed by atoms with Crippen molar-refractivity contribution in [1.29, 1.82) is 0 Å². The van der Waals surface area contributed by atoms with E-state index in [2.05, 4.69) is 33.9 Å². The van der Waals surface area contributed by atoms with Crippen LogP contribution in [0.1, 0.15) is 51.3 Å². The summed E-state index contributed by atoms with van der Waals surface area (Å²) in [6.45, 7) is 3.37. The van der Waals surface area contributed by atoms with E-state index >= 15 is 0 Å². The van der Waals surface area contributed by atoms with E-state index in [1.807, 2.05) is 30.0 Å². The van der Waals surface area contributed by atoms with Crippen LogP contribution in [0.25, 0.3) is 0 Å². The maximum absolute atomic E-state index is 13.1. The van der Waals surface area contributed by atoms with Crippen LogP contribution >= 0.6 is 22.7 Å². The zero-order chi connectivity index (χ0) is 20.9. The Kier molecular flexibility index (Phi) is 6.59. The summed E-state index contributed by atoms with van der Waals surface area (Å²) in [5.74, 6) is -0.271. The average Bonchev–Trinajstić information content (AvgIpc) is 3.42. The molecule has 3 aromatic rings. The molecule has 2 amide bonds. The number of benzene rings is 1. The highest BCUT2D eigenvalue weighted by Crippen LogP contribution is 2.25. The van der Waals surface area contributed by atoms with Crippen LogP contribution in [0.2, 0.25) is 0 Å². The van der Waals surface area contributed by atoms with Crippen molar-refractivity contribution in [2.75, 3.05) is 6.54 Å². The molecule has 1 aromatic carbocycles. The van der Waals surface area contributed by atoms with Crippen molar-refractivity contribution in [1.82, 2.24) is 15.2 Å². The second-order valence-corrected chi connectivity index (χ2v) is 9.43. The summed E-state index contributed by atoms with van der Waals surface area (Å²) in [5, 5.41) is 7.70. The lowest BCUT2D eigenvalue weighted by molar-refractivity contribution is -0.134.